The number of carbonyl (C=O) groups is 2. The lowest BCUT2D eigenvalue weighted by Gasteiger charge is -2.33. The van der Waals surface area contributed by atoms with Gasteiger partial charge in [-0.2, -0.15) is 5.10 Å². The highest BCUT2D eigenvalue weighted by atomic mass is 16.5. The van der Waals surface area contributed by atoms with Gasteiger partial charge < -0.3 is 15.0 Å². The molecular formula is C24H27N5O3. The summed E-state index contributed by atoms with van der Waals surface area (Å²) in [6.45, 7) is 1.48. The van der Waals surface area contributed by atoms with E-state index in [4.69, 9.17) is 14.8 Å². The minimum atomic E-state index is -0.423. The molecule has 3 heterocycles. The van der Waals surface area contributed by atoms with E-state index in [-0.39, 0.29) is 11.8 Å². The van der Waals surface area contributed by atoms with Crippen LogP contribution in [0.3, 0.4) is 0 Å². The largest absolute Gasteiger partial charge is 0.465 e. The number of nitrogens with one attached hydrogen (secondary N) is 1. The maximum atomic E-state index is 13.0. The fourth-order valence-corrected chi connectivity index (χ4v) is 4.85. The number of methoxy groups -OCH3 is 1. The van der Waals surface area contributed by atoms with Crippen molar-refractivity contribution in [3.63, 3.8) is 0 Å². The molecule has 1 N–H and O–H groups in total. The van der Waals surface area contributed by atoms with Crippen molar-refractivity contribution in [2.75, 3.05) is 30.4 Å². The fraction of sp³-hybridized carbons (Fsp3) is 0.417. The first-order chi connectivity index (χ1) is 15.6. The van der Waals surface area contributed by atoms with E-state index in [2.05, 4.69) is 10.2 Å². The number of fused-ring (bicyclic) bond motifs is 3. The second kappa shape index (κ2) is 8.61. The Labute approximate surface area is 186 Å². The van der Waals surface area contributed by atoms with Gasteiger partial charge in [0.15, 0.2) is 5.82 Å². The van der Waals surface area contributed by atoms with Gasteiger partial charge in [0.25, 0.3) is 0 Å². The van der Waals surface area contributed by atoms with Gasteiger partial charge in [0.05, 0.1) is 24.3 Å². The Balaban J connectivity index is 1.36. The van der Waals surface area contributed by atoms with Gasteiger partial charge in [-0.3, -0.25) is 4.79 Å². The monoisotopic (exact) mass is 433 g/mol. The minimum Gasteiger partial charge on any atom is -0.465 e. The van der Waals surface area contributed by atoms with Crippen LogP contribution in [0, 0.1) is 5.92 Å². The summed E-state index contributed by atoms with van der Waals surface area (Å²) < 4.78 is 6.73. The molecule has 0 bridgehead atoms. The Hall–Kier alpha value is -3.42. The van der Waals surface area contributed by atoms with Crippen molar-refractivity contribution in [2.24, 2.45) is 5.92 Å². The van der Waals surface area contributed by atoms with Crippen LogP contribution in [0.4, 0.5) is 11.5 Å². The number of ether oxygens (including phenoxy) is 1. The summed E-state index contributed by atoms with van der Waals surface area (Å²) >= 11 is 0. The molecule has 8 nitrogen and oxygen atoms in total. The van der Waals surface area contributed by atoms with Crippen molar-refractivity contribution in [3.05, 3.63) is 53.5 Å². The molecule has 0 saturated carbocycles. The second-order valence-corrected chi connectivity index (χ2v) is 8.52. The normalized spacial score (nSPS) is 18.3. The molecule has 0 spiro atoms. The molecule has 1 aromatic carbocycles. The molecule has 2 aromatic heterocycles. The smallest absolute Gasteiger partial charge is 0.337 e. The molecule has 32 heavy (non-hydrogen) atoms. The number of nitrogens with zero attached hydrogens (tertiary/aromatic N) is 4. The van der Waals surface area contributed by atoms with E-state index in [1.807, 2.05) is 10.7 Å². The standard InChI is InChI=1S/C24H27N5O3/c1-32-24(31)16-6-4-8-18(14-16)26-23(30)17-7-5-12-28(15-17)22-21-19-9-2-3-10-20(19)27-29(21)13-11-25-22/h4,6,8,11,13-14,17H,2-3,5,7,9-10,12,15H2,1H3,(H,26,30). The molecular weight excluding hydrogens is 406 g/mol. The minimum absolute atomic E-state index is 0.0424. The lowest BCUT2D eigenvalue weighted by Crippen LogP contribution is -2.41. The summed E-state index contributed by atoms with van der Waals surface area (Å²) in [5.74, 6) is 0.298. The maximum absolute atomic E-state index is 13.0. The molecule has 1 atom stereocenters. The van der Waals surface area contributed by atoms with Gasteiger partial charge in [-0.25, -0.2) is 14.3 Å². The summed E-state index contributed by atoms with van der Waals surface area (Å²) in [5.41, 5.74) is 4.60. The fourth-order valence-electron chi connectivity index (χ4n) is 4.85. The van der Waals surface area contributed by atoms with Crippen LogP contribution in [-0.2, 0) is 22.4 Å². The Morgan fingerprint density at radius 3 is 2.94 bits per heavy atom. The SMILES string of the molecule is COC(=O)c1cccc(NC(=O)C2CCCN(c3nccn4nc5c(c34)CCCC5)C2)c1. The topological polar surface area (TPSA) is 88.8 Å². The Morgan fingerprint density at radius 2 is 2.06 bits per heavy atom. The highest BCUT2D eigenvalue weighted by Gasteiger charge is 2.29. The van der Waals surface area contributed by atoms with Crippen LogP contribution in [0.5, 0.6) is 0 Å². The summed E-state index contributed by atoms with van der Waals surface area (Å²) in [5, 5.41) is 7.75. The van der Waals surface area contributed by atoms with Gasteiger partial charge in [-0.05, 0) is 56.7 Å². The first-order valence-corrected chi connectivity index (χ1v) is 11.2. The maximum Gasteiger partial charge on any atom is 0.337 e. The number of anilines is 2. The van der Waals surface area contributed by atoms with Gasteiger partial charge in [0.1, 0.15) is 5.52 Å². The van der Waals surface area contributed by atoms with Crippen molar-refractivity contribution in [2.45, 2.75) is 38.5 Å². The van der Waals surface area contributed by atoms with E-state index >= 15 is 0 Å². The third kappa shape index (κ3) is 3.81. The van der Waals surface area contributed by atoms with Crippen molar-refractivity contribution >= 4 is 28.9 Å². The van der Waals surface area contributed by atoms with E-state index in [1.54, 1.807) is 30.5 Å². The lowest BCUT2D eigenvalue weighted by atomic mass is 9.95. The third-order valence-corrected chi connectivity index (χ3v) is 6.44. The predicted octanol–water partition coefficient (Wildman–Crippen LogP) is 3.25. The second-order valence-electron chi connectivity index (χ2n) is 8.52. The number of amides is 1. The number of esters is 1. The Bertz CT molecular complexity index is 1170. The average molecular weight is 434 g/mol. The molecule has 1 aliphatic heterocycles. The molecule has 2 aliphatic rings. The van der Waals surface area contributed by atoms with E-state index in [9.17, 15) is 9.59 Å². The van der Waals surface area contributed by atoms with E-state index < -0.39 is 5.97 Å². The number of piperidine rings is 1. The number of hydrogen-bond donors (Lipinski definition) is 1. The molecule has 166 valence electrons. The number of hydrogen-bond acceptors (Lipinski definition) is 6. The van der Waals surface area contributed by atoms with Gasteiger partial charge in [0.2, 0.25) is 5.91 Å². The van der Waals surface area contributed by atoms with Gasteiger partial charge >= 0.3 is 5.97 Å². The van der Waals surface area contributed by atoms with Crippen molar-refractivity contribution in [1.82, 2.24) is 14.6 Å². The Morgan fingerprint density at radius 1 is 1.19 bits per heavy atom. The molecule has 8 heteroatoms. The molecule has 3 aromatic rings. The number of aromatic nitrogens is 3. The number of benzene rings is 1. The zero-order chi connectivity index (χ0) is 22.1. The van der Waals surface area contributed by atoms with Crippen LogP contribution >= 0.6 is 0 Å². The van der Waals surface area contributed by atoms with Gasteiger partial charge in [-0.1, -0.05) is 6.07 Å². The first-order valence-electron chi connectivity index (χ1n) is 11.2. The van der Waals surface area contributed by atoms with Crippen LogP contribution in [0.2, 0.25) is 0 Å². The molecule has 1 unspecified atom stereocenters. The molecule has 1 aliphatic carbocycles. The molecule has 0 radical (unpaired) electrons. The average Bonchev–Trinajstić information content (AvgIpc) is 3.22. The highest BCUT2D eigenvalue weighted by Crippen LogP contribution is 2.32. The van der Waals surface area contributed by atoms with E-state index in [0.717, 1.165) is 43.6 Å². The van der Waals surface area contributed by atoms with Crippen LogP contribution in [0.15, 0.2) is 36.7 Å². The summed E-state index contributed by atoms with van der Waals surface area (Å²) in [4.78, 5) is 31.8. The molecule has 5 rings (SSSR count). The van der Waals surface area contributed by atoms with Crippen molar-refractivity contribution < 1.29 is 14.3 Å². The molecule has 1 saturated heterocycles. The third-order valence-electron chi connectivity index (χ3n) is 6.44. The van der Waals surface area contributed by atoms with Crippen molar-refractivity contribution in [3.8, 4) is 0 Å². The number of carbonyl (C=O) groups excluding carboxylic acids is 2. The highest BCUT2D eigenvalue weighted by molar-refractivity contribution is 5.96. The zero-order valence-corrected chi connectivity index (χ0v) is 18.2. The summed E-state index contributed by atoms with van der Waals surface area (Å²) in [6, 6.07) is 6.84. The summed E-state index contributed by atoms with van der Waals surface area (Å²) in [7, 11) is 1.34. The van der Waals surface area contributed by atoms with Crippen LogP contribution in [0.1, 0.15) is 47.3 Å². The van der Waals surface area contributed by atoms with Gasteiger partial charge in [0, 0.05) is 36.7 Å². The quantitative estimate of drug-likeness (QED) is 0.636. The lowest BCUT2D eigenvalue weighted by molar-refractivity contribution is -0.120. The van der Waals surface area contributed by atoms with E-state index in [0.29, 0.717) is 17.8 Å². The van der Waals surface area contributed by atoms with Crippen LogP contribution in [0.25, 0.3) is 5.52 Å². The van der Waals surface area contributed by atoms with Crippen molar-refractivity contribution in [1.29, 1.82) is 0 Å². The number of aryl methyl sites for hydroxylation is 2. The molecule has 1 fully saturated rings. The Kier molecular flexibility index (Phi) is 5.51. The summed E-state index contributed by atoms with van der Waals surface area (Å²) in [6.07, 6.45) is 9.86. The number of rotatable bonds is 4. The van der Waals surface area contributed by atoms with Crippen LogP contribution < -0.4 is 10.2 Å². The predicted molar refractivity (Wildman–Crippen MR) is 121 cm³/mol. The zero-order valence-electron chi connectivity index (χ0n) is 18.2. The first kappa shape index (κ1) is 20.5. The molecule has 1 amide bonds. The van der Waals surface area contributed by atoms with E-state index in [1.165, 1.54) is 31.2 Å². The van der Waals surface area contributed by atoms with Gasteiger partial charge in [-0.15, -0.1) is 0 Å². The van der Waals surface area contributed by atoms with Crippen LogP contribution in [-0.4, -0.2) is 46.7 Å².